The monoisotopic (exact) mass is 562 g/mol. The van der Waals surface area contributed by atoms with Crippen molar-refractivity contribution in [1.29, 1.82) is 0 Å². The summed E-state index contributed by atoms with van der Waals surface area (Å²) in [7, 11) is 0. The van der Waals surface area contributed by atoms with Crippen LogP contribution in [-0.2, 0) is 9.59 Å². The first-order valence-electron chi connectivity index (χ1n) is 11.5. The summed E-state index contributed by atoms with van der Waals surface area (Å²) in [5.41, 5.74) is 4.03. The molecule has 1 aromatic heterocycles. The van der Waals surface area contributed by atoms with E-state index < -0.39 is 17.7 Å². The first kappa shape index (κ1) is 24.2. The van der Waals surface area contributed by atoms with Gasteiger partial charge in [0.25, 0.3) is 5.78 Å². The third-order valence-electron chi connectivity index (χ3n) is 6.09. The maximum Gasteiger partial charge on any atom is 0.301 e. The second-order valence-electron chi connectivity index (χ2n) is 8.60. The number of carbonyl (C=O) groups excluding carboxylic acids is 2. The zero-order valence-electron chi connectivity index (χ0n) is 19.9. The zero-order valence-corrected chi connectivity index (χ0v) is 22.3. The lowest BCUT2D eigenvalue weighted by Gasteiger charge is -2.23. The molecular weight excluding hydrogens is 540 g/mol. The predicted molar refractivity (Wildman–Crippen MR) is 146 cm³/mol. The van der Waals surface area contributed by atoms with Gasteiger partial charge in [0, 0.05) is 10.0 Å². The summed E-state index contributed by atoms with van der Waals surface area (Å²) >= 11 is 4.80. The number of aryl methyl sites for hydroxylation is 2. The highest BCUT2D eigenvalue weighted by atomic mass is 79.9. The maximum absolute atomic E-state index is 13.4. The van der Waals surface area contributed by atoms with Gasteiger partial charge in [-0.1, -0.05) is 45.5 Å². The Hall–Kier alpha value is -3.49. The fourth-order valence-electron chi connectivity index (χ4n) is 4.48. The zero-order chi connectivity index (χ0) is 25.6. The number of amides is 1. The van der Waals surface area contributed by atoms with Crippen molar-refractivity contribution >= 4 is 60.1 Å². The van der Waals surface area contributed by atoms with Gasteiger partial charge in [-0.05, 0) is 79.9 Å². The molecule has 1 N–H and O–H groups in total. The molecule has 1 atom stereocenters. The van der Waals surface area contributed by atoms with E-state index in [2.05, 4.69) is 15.9 Å². The lowest BCUT2D eigenvalue weighted by atomic mass is 9.95. The highest BCUT2D eigenvalue weighted by Crippen LogP contribution is 2.45. The van der Waals surface area contributed by atoms with Gasteiger partial charge in [-0.25, -0.2) is 4.98 Å². The summed E-state index contributed by atoms with van der Waals surface area (Å²) in [5.74, 6) is -1.05. The molecule has 6 nitrogen and oxygen atoms in total. The summed E-state index contributed by atoms with van der Waals surface area (Å²) in [6.07, 6.45) is 0. The molecule has 36 heavy (non-hydrogen) atoms. The van der Waals surface area contributed by atoms with Crippen molar-refractivity contribution in [2.75, 3.05) is 11.5 Å². The van der Waals surface area contributed by atoms with Crippen LogP contribution in [-0.4, -0.2) is 28.4 Å². The van der Waals surface area contributed by atoms with Crippen molar-refractivity contribution in [1.82, 2.24) is 4.98 Å². The molecule has 5 rings (SSSR count). The Labute approximate surface area is 221 Å². The number of fused-ring (bicyclic) bond motifs is 1. The average Bonchev–Trinajstić information content (AvgIpc) is 3.38. The normalized spacial score (nSPS) is 17.2. The van der Waals surface area contributed by atoms with E-state index in [1.165, 1.54) is 16.2 Å². The van der Waals surface area contributed by atoms with Crippen molar-refractivity contribution in [2.45, 2.75) is 26.8 Å². The van der Waals surface area contributed by atoms with E-state index in [1.54, 1.807) is 24.3 Å². The van der Waals surface area contributed by atoms with Crippen LogP contribution in [0.5, 0.6) is 5.75 Å². The van der Waals surface area contributed by atoms with Crippen LogP contribution in [0.4, 0.5) is 5.13 Å². The molecule has 3 aromatic carbocycles. The van der Waals surface area contributed by atoms with Gasteiger partial charge in [0.2, 0.25) is 0 Å². The number of aromatic nitrogens is 1. The van der Waals surface area contributed by atoms with Gasteiger partial charge in [-0.3, -0.25) is 14.5 Å². The summed E-state index contributed by atoms with van der Waals surface area (Å²) < 4.78 is 7.29. The number of thiazole rings is 1. The number of hydrogen-bond acceptors (Lipinski definition) is 6. The largest absolute Gasteiger partial charge is 0.507 e. The summed E-state index contributed by atoms with van der Waals surface area (Å²) in [4.78, 5) is 33.0. The number of nitrogens with zero attached hydrogens (tertiary/aromatic N) is 2. The van der Waals surface area contributed by atoms with Crippen LogP contribution in [0.1, 0.15) is 35.2 Å². The minimum absolute atomic E-state index is 0.0265. The number of halogens is 1. The van der Waals surface area contributed by atoms with E-state index >= 15 is 0 Å². The smallest absolute Gasteiger partial charge is 0.301 e. The molecule has 182 valence electrons. The van der Waals surface area contributed by atoms with Gasteiger partial charge in [0.05, 0.1) is 28.4 Å². The molecule has 0 radical (unpaired) electrons. The highest BCUT2D eigenvalue weighted by molar-refractivity contribution is 9.10. The number of anilines is 1. The Kier molecular flexibility index (Phi) is 6.40. The van der Waals surface area contributed by atoms with Gasteiger partial charge in [-0.15, -0.1) is 0 Å². The molecule has 0 unspecified atom stereocenters. The number of rotatable bonds is 5. The van der Waals surface area contributed by atoms with Gasteiger partial charge in [0.1, 0.15) is 11.5 Å². The van der Waals surface area contributed by atoms with E-state index in [9.17, 15) is 14.7 Å². The summed E-state index contributed by atoms with van der Waals surface area (Å²) in [5, 5.41) is 11.7. The van der Waals surface area contributed by atoms with E-state index in [1.807, 2.05) is 57.2 Å². The van der Waals surface area contributed by atoms with Crippen molar-refractivity contribution < 1.29 is 19.4 Å². The highest BCUT2D eigenvalue weighted by Gasteiger charge is 2.48. The van der Waals surface area contributed by atoms with Crippen LogP contribution < -0.4 is 9.64 Å². The Morgan fingerprint density at radius 1 is 1.08 bits per heavy atom. The number of ketones is 1. The molecule has 1 aliphatic heterocycles. The maximum atomic E-state index is 13.4. The molecule has 0 saturated carbocycles. The van der Waals surface area contributed by atoms with Crippen LogP contribution in [0, 0.1) is 13.8 Å². The molecule has 0 spiro atoms. The summed E-state index contributed by atoms with van der Waals surface area (Å²) in [6.45, 7) is 6.39. The number of ether oxygens (including phenoxy) is 1. The molecule has 8 heteroatoms. The fraction of sp³-hybridized carbons (Fsp3) is 0.179. The SMILES string of the molecule is CCOc1ccc(/C(O)=C2\C(=O)C(=O)N(c3nc4c(C)cc(C)cc4s3)[C@@H]2c2ccc(Br)cc2)cc1. The van der Waals surface area contributed by atoms with Gasteiger partial charge < -0.3 is 9.84 Å². The average molecular weight is 563 g/mol. The first-order valence-corrected chi connectivity index (χ1v) is 13.1. The fourth-order valence-corrected chi connectivity index (χ4v) is 5.92. The molecule has 0 aliphatic carbocycles. The van der Waals surface area contributed by atoms with Crippen LogP contribution in [0.3, 0.4) is 0 Å². The lowest BCUT2D eigenvalue weighted by Crippen LogP contribution is -2.29. The number of aliphatic hydroxyl groups excluding tert-OH is 1. The first-order chi connectivity index (χ1) is 17.3. The Balaban J connectivity index is 1.69. The molecule has 4 aromatic rings. The van der Waals surface area contributed by atoms with Crippen molar-refractivity contribution in [3.05, 3.63) is 93.0 Å². The van der Waals surface area contributed by atoms with Gasteiger partial charge in [-0.2, -0.15) is 0 Å². The molecule has 1 amide bonds. The van der Waals surface area contributed by atoms with Crippen molar-refractivity contribution in [3.63, 3.8) is 0 Å². The topological polar surface area (TPSA) is 79.7 Å². The Bertz CT molecular complexity index is 1520. The third kappa shape index (κ3) is 4.20. The van der Waals surface area contributed by atoms with Crippen LogP contribution in [0.15, 0.2) is 70.7 Å². The quantitative estimate of drug-likeness (QED) is 0.166. The second-order valence-corrected chi connectivity index (χ2v) is 10.5. The number of hydrogen-bond donors (Lipinski definition) is 1. The van der Waals surface area contributed by atoms with E-state index in [4.69, 9.17) is 9.72 Å². The minimum Gasteiger partial charge on any atom is -0.507 e. The second kappa shape index (κ2) is 9.52. The van der Waals surface area contributed by atoms with Crippen LogP contribution in [0.25, 0.3) is 16.0 Å². The van der Waals surface area contributed by atoms with Crippen molar-refractivity contribution in [2.24, 2.45) is 0 Å². The van der Waals surface area contributed by atoms with Crippen LogP contribution in [0.2, 0.25) is 0 Å². The number of Topliss-reactive ketones (excluding diaryl/α,β-unsaturated/α-hetero) is 1. The third-order valence-corrected chi connectivity index (χ3v) is 7.62. The Morgan fingerprint density at radius 2 is 1.78 bits per heavy atom. The molecule has 0 bridgehead atoms. The molecule has 1 aliphatic rings. The minimum atomic E-state index is -0.827. The van der Waals surface area contributed by atoms with E-state index in [0.29, 0.717) is 28.6 Å². The molecule has 1 saturated heterocycles. The number of carbonyl (C=O) groups is 2. The van der Waals surface area contributed by atoms with Crippen molar-refractivity contribution in [3.8, 4) is 5.75 Å². The van der Waals surface area contributed by atoms with Gasteiger partial charge in [0.15, 0.2) is 5.13 Å². The number of benzene rings is 3. The number of aliphatic hydroxyl groups is 1. The Morgan fingerprint density at radius 3 is 2.44 bits per heavy atom. The standard InChI is InChI=1S/C28H23BrN2O4S/c1-4-35-20-11-7-18(8-12-20)25(32)22-24(17-5-9-19(29)10-6-17)31(27(34)26(22)33)28-30-23-16(3)13-15(2)14-21(23)36-28/h5-14,24,32H,4H2,1-3H3/b25-22+/t24-/m1/s1. The summed E-state index contributed by atoms with van der Waals surface area (Å²) in [6, 6.07) is 17.4. The van der Waals surface area contributed by atoms with Crippen LogP contribution >= 0.6 is 27.3 Å². The molecule has 2 heterocycles. The van der Waals surface area contributed by atoms with E-state index in [-0.39, 0.29) is 11.3 Å². The predicted octanol–water partition coefficient (Wildman–Crippen LogP) is 6.70. The molecule has 1 fully saturated rings. The van der Waals surface area contributed by atoms with E-state index in [0.717, 1.165) is 25.8 Å². The van der Waals surface area contributed by atoms with Gasteiger partial charge >= 0.3 is 5.91 Å². The molecular formula is C28H23BrN2O4S. The lowest BCUT2D eigenvalue weighted by molar-refractivity contribution is -0.132.